The minimum atomic E-state index is -1.26. The Balaban J connectivity index is 0.000000387. The van der Waals surface area contributed by atoms with E-state index in [1.165, 1.54) is 0 Å². The van der Waals surface area contributed by atoms with E-state index < -0.39 is 11.9 Å². The first-order valence-electron chi connectivity index (χ1n) is 7.87. The smallest absolute Gasteiger partial charge is 0.344 e. The van der Waals surface area contributed by atoms with Gasteiger partial charge in [-0.25, -0.2) is 19.4 Å². The molecule has 2 N–H and O–H groups in total. The molecule has 0 bridgehead atoms. The fourth-order valence-corrected chi connectivity index (χ4v) is 1.77. The minimum Gasteiger partial charge on any atom is -0.482 e. The van der Waals surface area contributed by atoms with E-state index in [1.54, 1.807) is 19.4 Å². The topological polar surface area (TPSA) is 128 Å². The normalized spacial score (nSPS) is 9.96. The summed E-state index contributed by atoms with van der Waals surface area (Å²) in [4.78, 5) is 34.2. The van der Waals surface area contributed by atoms with Gasteiger partial charge in [0, 0.05) is 31.1 Å². The van der Waals surface area contributed by atoms with Gasteiger partial charge in [0.15, 0.2) is 6.61 Å². The average Bonchev–Trinajstić information content (AvgIpc) is 3.13. The molecule has 9 heteroatoms. The highest BCUT2D eigenvalue weighted by Crippen LogP contribution is 2.13. The molecule has 0 saturated carbocycles. The summed E-state index contributed by atoms with van der Waals surface area (Å²) in [6.45, 7) is 2.84. The highest BCUT2D eigenvalue weighted by atomic mass is 16.6. The van der Waals surface area contributed by atoms with E-state index in [0.717, 1.165) is 12.1 Å². The van der Waals surface area contributed by atoms with Gasteiger partial charge in [0.25, 0.3) is 0 Å². The highest BCUT2D eigenvalue weighted by molar-refractivity contribution is 5.89. The molecule has 0 spiro atoms. The lowest BCUT2D eigenvalue weighted by Crippen LogP contribution is -2.14. The lowest BCUT2D eigenvalue weighted by Gasteiger charge is -2.07. The fourth-order valence-electron chi connectivity index (χ4n) is 1.77. The minimum absolute atomic E-state index is 0.0608. The molecular formula is C18H20N2O7. The zero-order chi connectivity index (χ0) is 20.1. The van der Waals surface area contributed by atoms with Gasteiger partial charge >= 0.3 is 17.9 Å². The van der Waals surface area contributed by atoms with Gasteiger partial charge in [0.1, 0.15) is 5.75 Å². The SMILES string of the molecule is CCOC(=O)COc1ccc(Cn2ccnc2)cc1.O=C(O)C=CC(=O)O. The van der Waals surface area contributed by atoms with Crippen LogP contribution < -0.4 is 4.74 Å². The van der Waals surface area contributed by atoms with Gasteiger partial charge in [-0.1, -0.05) is 12.1 Å². The van der Waals surface area contributed by atoms with Gasteiger partial charge in [-0.2, -0.15) is 0 Å². The Morgan fingerprint density at radius 2 is 1.74 bits per heavy atom. The predicted molar refractivity (Wildman–Crippen MR) is 94.3 cm³/mol. The largest absolute Gasteiger partial charge is 0.482 e. The van der Waals surface area contributed by atoms with Crippen LogP contribution in [0.1, 0.15) is 12.5 Å². The van der Waals surface area contributed by atoms with Crippen LogP contribution in [-0.4, -0.2) is 50.9 Å². The van der Waals surface area contributed by atoms with Crippen molar-refractivity contribution in [2.24, 2.45) is 0 Å². The predicted octanol–water partition coefficient (Wildman–Crippen LogP) is 1.59. The highest BCUT2D eigenvalue weighted by Gasteiger charge is 2.03. The van der Waals surface area contributed by atoms with E-state index in [9.17, 15) is 14.4 Å². The second kappa shape index (κ2) is 11.9. The number of imidazole rings is 1. The van der Waals surface area contributed by atoms with E-state index in [4.69, 9.17) is 19.7 Å². The molecule has 0 aliphatic rings. The molecule has 9 nitrogen and oxygen atoms in total. The number of ether oxygens (including phenoxy) is 2. The van der Waals surface area contributed by atoms with Crippen LogP contribution in [0.25, 0.3) is 0 Å². The third kappa shape index (κ3) is 10.1. The Bertz CT molecular complexity index is 737. The van der Waals surface area contributed by atoms with Crippen LogP contribution in [0, 0.1) is 0 Å². The summed E-state index contributed by atoms with van der Waals surface area (Å²) >= 11 is 0. The van der Waals surface area contributed by atoms with Crippen LogP contribution >= 0.6 is 0 Å². The standard InChI is InChI=1S/C14H16N2O3.C4H4O4/c1-2-18-14(17)10-19-13-5-3-12(4-6-13)9-16-8-7-15-11-16;5-3(6)1-2-4(7)8/h3-8,11H,2,9-10H2,1H3;1-2H,(H,5,6)(H,7,8). The number of hydrogen-bond donors (Lipinski definition) is 2. The number of carboxylic acids is 2. The van der Waals surface area contributed by atoms with E-state index in [-0.39, 0.29) is 12.6 Å². The summed E-state index contributed by atoms with van der Waals surface area (Å²) in [6.07, 6.45) is 6.54. The quantitative estimate of drug-likeness (QED) is 0.525. The van der Waals surface area contributed by atoms with Gasteiger partial charge in [0.05, 0.1) is 12.9 Å². The second-order valence-electron chi connectivity index (χ2n) is 4.98. The number of benzene rings is 1. The van der Waals surface area contributed by atoms with Crippen LogP contribution in [0.15, 0.2) is 55.1 Å². The van der Waals surface area contributed by atoms with Gasteiger partial charge in [-0.3, -0.25) is 0 Å². The third-order valence-corrected chi connectivity index (χ3v) is 2.88. The number of aliphatic carboxylic acids is 2. The van der Waals surface area contributed by atoms with Crippen LogP contribution in [-0.2, 0) is 25.7 Å². The van der Waals surface area contributed by atoms with Crippen molar-refractivity contribution < 1.29 is 34.1 Å². The number of rotatable bonds is 8. The molecule has 27 heavy (non-hydrogen) atoms. The van der Waals surface area contributed by atoms with Crippen molar-refractivity contribution in [3.05, 3.63) is 60.7 Å². The molecule has 0 saturated heterocycles. The number of carbonyl (C=O) groups is 3. The van der Waals surface area contributed by atoms with Crippen molar-refractivity contribution in [1.29, 1.82) is 0 Å². The van der Waals surface area contributed by atoms with E-state index in [1.807, 2.05) is 35.0 Å². The zero-order valence-electron chi connectivity index (χ0n) is 14.6. The lowest BCUT2D eigenvalue weighted by molar-refractivity contribution is -0.145. The number of hydrogen-bond acceptors (Lipinski definition) is 6. The molecule has 144 valence electrons. The maximum atomic E-state index is 11.1. The van der Waals surface area contributed by atoms with Crippen LogP contribution in [0.5, 0.6) is 5.75 Å². The molecule has 1 aromatic heterocycles. The van der Waals surface area contributed by atoms with Crippen molar-refractivity contribution in [1.82, 2.24) is 9.55 Å². The monoisotopic (exact) mass is 376 g/mol. The van der Waals surface area contributed by atoms with Crippen LogP contribution in [0.3, 0.4) is 0 Å². The molecule has 0 unspecified atom stereocenters. The number of aromatic nitrogens is 2. The average molecular weight is 376 g/mol. The Morgan fingerprint density at radius 3 is 2.22 bits per heavy atom. The number of carboxylic acid groups (broad SMARTS) is 2. The third-order valence-electron chi connectivity index (χ3n) is 2.88. The summed E-state index contributed by atoms with van der Waals surface area (Å²) in [7, 11) is 0. The first-order valence-corrected chi connectivity index (χ1v) is 7.87. The number of carbonyl (C=O) groups excluding carboxylic acids is 1. The Kier molecular flexibility index (Phi) is 9.40. The molecule has 0 aliphatic carbocycles. The van der Waals surface area contributed by atoms with Crippen LogP contribution in [0.4, 0.5) is 0 Å². The summed E-state index contributed by atoms with van der Waals surface area (Å²) in [5, 5.41) is 15.6. The zero-order valence-corrected chi connectivity index (χ0v) is 14.6. The molecule has 0 amide bonds. The fraction of sp³-hybridized carbons (Fsp3) is 0.222. The summed E-state index contributed by atoms with van der Waals surface area (Å²) in [5.41, 5.74) is 1.14. The van der Waals surface area contributed by atoms with Gasteiger partial charge in [0.2, 0.25) is 0 Å². The second-order valence-corrected chi connectivity index (χ2v) is 4.98. The molecule has 0 radical (unpaired) electrons. The molecule has 2 rings (SSSR count). The van der Waals surface area contributed by atoms with Crippen molar-refractivity contribution in [2.75, 3.05) is 13.2 Å². The van der Waals surface area contributed by atoms with Crippen molar-refractivity contribution in [2.45, 2.75) is 13.5 Å². The van der Waals surface area contributed by atoms with Crippen LogP contribution in [0.2, 0.25) is 0 Å². The maximum Gasteiger partial charge on any atom is 0.344 e. The van der Waals surface area contributed by atoms with Gasteiger partial charge < -0.3 is 24.3 Å². The van der Waals surface area contributed by atoms with Crippen molar-refractivity contribution in [3.8, 4) is 5.75 Å². The van der Waals surface area contributed by atoms with E-state index in [0.29, 0.717) is 24.5 Å². The van der Waals surface area contributed by atoms with E-state index >= 15 is 0 Å². The Labute approximate surface area is 155 Å². The van der Waals surface area contributed by atoms with Gasteiger partial charge in [-0.15, -0.1) is 0 Å². The lowest BCUT2D eigenvalue weighted by atomic mass is 10.2. The molecule has 0 atom stereocenters. The van der Waals surface area contributed by atoms with Crippen molar-refractivity contribution >= 4 is 17.9 Å². The first-order chi connectivity index (χ1) is 12.9. The molecule has 1 heterocycles. The molecule has 2 aromatic rings. The molecular weight excluding hydrogens is 356 g/mol. The van der Waals surface area contributed by atoms with Crippen molar-refractivity contribution in [3.63, 3.8) is 0 Å². The molecule has 0 fully saturated rings. The molecule has 1 aromatic carbocycles. The van der Waals surface area contributed by atoms with Gasteiger partial charge in [-0.05, 0) is 24.6 Å². The number of esters is 1. The maximum absolute atomic E-state index is 11.1. The first kappa shape index (κ1) is 21.4. The van der Waals surface area contributed by atoms with E-state index in [2.05, 4.69) is 4.98 Å². The number of nitrogens with zero attached hydrogens (tertiary/aromatic N) is 2. The Morgan fingerprint density at radius 1 is 1.11 bits per heavy atom. The summed E-state index contributed by atoms with van der Waals surface area (Å²) in [5.74, 6) is -2.22. The Hall–Kier alpha value is -3.62. The summed E-state index contributed by atoms with van der Waals surface area (Å²) < 4.78 is 12.1. The summed E-state index contributed by atoms with van der Waals surface area (Å²) in [6, 6.07) is 7.60. The molecule has 0 aliphatic heterocycles.